The van der Waals surface area contributed by atoms with Crippen molar-refractivity contribution in [3.8, 4) is 0 Å². The van der Waals surface area contributed by atoms with Crippen molar-refractivity contribution < 1.29 is 13.9 Å². The molecule has 1 N–H and O–H groups in total. The Morgan fingerprint density at radius 1 is 1.30 bits per heavy atom. The molecule has 0 amide bonds. The van der Waals surface area contributed by atoms with Gasteiger partial charge in [-0.15, -0.1) is 11.3 Å². The number of hydrogen-bond donors (Lipinski definition) is 1. The van der Waals surface area contributed by atoms with E-state index in [1.165, 1.54) is 23.5 Å². The lowest BCUT2D eigenvalue weighted by Crippen LogP contribution is -2.12. The van der Waals surface area contributed by atoms with Gasteiger partial charge in [0.2, 0.25) is 0 Å². The summed E-state index contributed by atoms with van der Waals surface area (Å²) in [5, 5.41) is 12.7. The number of aromatic nitrogens is 1. The quantitative estimate of drug-likeness (QED) is 0.929. The van der Waals surface area contributed by atoms with Gasteiger partial charge in [-0.2, -0.15) is 0 Å². The van der Waals surface area contributed by atoms with E-state index in [-0.39, 0.29) is 17.4 Å². The van der Waals surface area contributed by atoms with E-state index < -0.39 is 17.7 Å². The summed E-state index contributed by atoms with van der Waals surface area (Å²) >= 11 is 1.42. The van der Waals surface area contributed by atoms with Gasteiger partial charge in [-0.3, -0.25) is 0 Å². The van der Waals surface area contributed by atoms with E-state index in [4.69, 9.17) is 0 Å². The summed E-state index contributed by atoms with van der Waals surface area (Å²) in [4.78, 5) is 4.44. The Bertz CT molecular complexity index is 604. The zero-order valence-corrected chi connectivity index (χ0v) is 12.5. The first-order valence-corrected chi connectivity index (χ1v) is 7.24. The molecule has 2 aromatic rings. The predicted molar refractivity (Wildman–Crippen MR) is 75.8 cm³/mol. The molecule has 0 aliphatic rings. The van der Waals surface area contributed by atoms with Gasteiger partial charge in [-0.1, -0.05) is 32.9 Å². The fourth-order valence-electron chi connectivity index (χ4n) is 1.80. The smallest absolute Gasteiger partial charge is 0.164 e. The van der Waals surface area contributed by atoms with Crippen LogP contribution in [0, 0.1) is 11.6 Å². The van der Waals surface area contributed by atoms with Crippen molar-refractivity contribution in [2.45, 2.75) is 38.7 Å². The Kier molecular flexibility index (Phi) is 4.20. The summed E-state index contributed by atoms with van der Waals surface area (Å²) in [5.41, 5.74) is 0.839. The molecule has 2 nitrogen and oxygen atoms in total. The number of benzene rings is 1. The summed E-state index contributed by atoms with van der Waals surface area (Å²) in [6.07, 6.45) is -0.911. The minimum atomic E-state index is -1.09. The minimum absolute atomic E-state index is 0.0301. The number of thiazole rings is 1. The summed E-state index contributed by atoms with van der Waals surface area (Å²) in [6, 6.07) is 3.81. The lowest BCUT2D eigenvalue weighted by atomic mass is 9.93. The second kappa shape index (κ2) is 5.58. The molecule has 1 heterocycles. The third-order valence-corrected chi connectivity index (χ3v) is 3.90. The molecule has 1 atom stereocenters. The number of aliphatic hydroxyl groups is 1. The second-order valence-corrected chi connectivity index (χ2v) is 6.68. The molecule has 20 heavy (non-hydrogen) atoms. The van der Waals surface area contributed by atoms with Crippen molar-refractivity contribution in [2.75, 3.05) is 0 Å². The van der Waals surface area contributed by atoms with E-state index in [2.05, 4.69) is 25.8 Å². The van der Waals surface area contributed by atoms with Crippen molar-refractivity contribution in [1.82, 2.24) is 4.98 Å². The van der Waals surface area contributed by atoms with Gasteiger partial charge in [0.05, 0.1) is 16.8 Å². The van der Waals surface area contributed by atoms with Crippen LogP contribution in [0.3, 0.4) is 0 Å². The molecular weight excluding hydrogens is 280 g/mol. The van der Waals surface area contributed by atoms with Crippen molar-refractivity contribution in [1.29, 1.82) is 0 Å². The van der Waals surface area contributed by atoms with E-state index in [1.807, 2.05) is 5.38 Å². The zero-order valence-electron chi connectivity index (χ0n) is 11.7. The molecule has 108 valence electrons. The van der Waals surface area contributed by atoms with Crippen LogP contribution in [0.15, 0.2) is 23.6 Å². The molecule has 0 saturated heterocycles. The van der Waals surface area contributed by atoms with Crippen LogP contribution in [0.25, 0.3) is 0 Å². The number of hydrogen-bond acceptors (Lipinski definition) is 3. The molecule has 1 aromatic carbocycles. The number of rotatable bonds is 3. The van der Waals surface area contributed by atoms with Crippen molar-refractivity contribution in [3.05, 3.63) is 51.5 Å². The summed E-state index contributed by atoms with van der Waals surface area (Å²) < 4.78 is 26.7. The van der Waals surface area contributed by atoms with E-state index in [9.17, 15) is 13.9 Å². The van der Waals surface area contributed by atoms with Crippen LogP contribution in [-0.4, -0.2) is 10.1 Å². The van der Waals surface area contributed by atoms with Gasteiger partial charge in [-0.25, -0.2) is 13.8 Å². The maximum absolute atomic E-state index is 13.6. The summed E-state index contributed by atoms with van der Waals surface area (Å²) in [6.45, 7) is 6.15. The molecule has 5 heteroatoms. The molecule has 0 aliphatic heterocycles. The second-order valence-electron chi connectivity index (χ2n) is 5.74. The Labute approximate surface area is 121 Å². The third kappa shape index (κ3) is 3.22. The van der Waals surface area contributed by atoms with Crippen LogP contribution in [0.1, 0.15) is 43.1 Å². The fourth-order valence-corrected chi connectivity index (χ4v) is 2.86. The van der Waals surface area contributed by atoms with Crippen molar-refractivity contribution >= 4 is 11.3 Å². The first-order chi connectivity index (χ1) is 9.29. The first kappa shape index (κ1) is 15.1. The van der Waals surface area contributed by atoms with E-state index >= 15 is 0 Å². The van der Waals surface area contributed by atoms with Gasteiger partial charge in [0.25, 0.3) is 0 Å². The molecule has 0 saturated carbocycles. The van der Waals surface area contributed by atoms with Gasteiger partial charge in [0, 0.05) is 22.8 Å². The predicted octanol–water partition coefficient (Wildman–Crippen LogP) is 3.99. The first-order valence-electron chi connectivity index (χ1n) is 6.36. The normalized spacial score (nSPS) is 13.5. The monoisotopic (exact) mass is 297 g/mol. The van der Waals surface area contributed by atoms with E-state index in [1.54, 1.807) is 0 Å². The minimum Gasteiger partial charge on any atom is -0.388 e. The maximum atomic E-state index is 13.6. The molecule has 2 rings (SSSR count). The highest BCUT2D eigenvalue weighted by atomic mass is 32.1. The van der Waals surface area contributed by atoms with Crippen LogP contribution < -0.4 is 0 Å². The zero-order chi connectivity index (χ0) is 14.9. The molecule has 0 bridgehead atoms. The highest BCUT2D eigenvalue weighted by Crippen LogP contribution is 2.27. The lowest BCUT2D eigenvalue weighted by molar-refractivity contribution is 0.172. The van der Waals surface area contributed by atoms with Gasteiger partial charge < -0.3 is 5.11 Å². The Hall–Kier alpha value is -1.33. The summed E-state index contributed by atoms with van der Waals surface area (Å²) in [7, 11) is 0. The van der Waals surface area contributed by atoms with Crippen molar-refractivity contribution in [3.63, 3.8) is 0 Å². The highest BCUT2D eigenvalue weighted by molar-refractivity contribution is 7.09. The Morgan fingerprint density at radius 3 is 2.60 bits per heavy atom. The fraction of sp³-hybridized carbons (Fsp3) is 0.400. The van der Waals surface area contributed by atoms with Gasteiger partial charge in [0.15, 0.2) is 11.6 Å². The summed E-state index contributed by atoms with van der Waals surface area (Å²) in [5.74, 6) is -1.94. The van der Waals surface area contributed by atoms with Crippen LogP contribution in [0.4, 0.5) is 8.78 Å². The SMILES string of the molecule is CC(C)(C)c1csc(CC(O)c2cccc(F)c2F)n1. The molecule has 1 aromatic heterocycles. The molecular formula is C15H17F2NOS. The lowest BCUT2D eigenvalue weighted by Gasteiger charge is -2.14. The average molecular weight is 297 g/mol. The Balaban J connectivity index is 2.18. The van der Waals surface area contributed by atoms with Crippen LogP contribution >= 0.6 is 11.3 Å². The molecule has 0 spiro atoms. The molecule has 1 unspecified atom stereocenters. The van der Waals surface area contributed by atoms with Crippen LogP contribution in [-0.2, 0) is 11.8 Å². The van der Waals surface area contributed by atoms with E-state index in [0.29, 0.717) is 5.01 Å². The van der Waals surface area contributed by atoms with Crippen LogP contribution in [0.5, 0.6) is 0 Å². The highest BCUT2D eigenvalue weighted by Gasteiger charge is 2.21. The molecule has 0 aliphatic carbocycles. The third-order valence-electron chi connectivity index (χ3n) is 3.03. The largest absolute Gasteiger partial charge is 0.388 e. The number of nitrogens with zero attached hydrogens (tertiary/aromatic N) is 1. The maximum Gasteiger partial charge on any atom is 0.164 e. The van der Waals surface area contributed by atoms with Gasteiger partial charge >= 0.3 is 0 Å². The van der Waals surface area contributed by atoms with Gasteiger partial charge in [0.1, 0.15) is 0 Å². The van der Waals surface area contributed by atoms with Gasteiger partial charge in [-0.05, 0) is 6.07 Å². The number of aliphatic hydroxyl groups excluding tert-OH is 1. The molecule has 0 radical (unpaired) electrons. The number of halogens is 2. The standard InChI is InChI=1S/C15H17F2NOS/c1-15(2,3)12-8-20-13(18-12)7-11(19)9-5-4-6-10(16)14(9)17/h4-6,8,11,19H,7H2,1-3H3. The topological polar surface area (TPSA) is 33.1 Å². The van der Waals surface area contributed by atoms with E-state index in [0.717, 1.165) is 11.8 Å². The molecule has 0 fully saturated rings. The Morgan fingerprint density at radius 2 is 2.00 bits per heavy atom. The average Bonchev–Trinajstić information content (AvgIpc) is 2.81. The van der Waals surface area contributed by atoms with Crippen molar-refractivity contribution in [2.24, 2.45) is 0 Å². The van der Waals surface area contributed by atoms with Crippen LogP contribution in [0.2, 0.25) is 0 Å².